The molecule has 0 spiro atoms. The van der Waals surface area contributed by atoms with E-state index in [0.717, 1.165) is 39.0 Å². The summed E-state index contributed by atoms with van der Waals surface area (Å²) in [5.74, 6) is 0. The molecule has 1 radical (unpaired) electrons. The number of benzene rings is 2. The fraction of sp³-hybridized carbons (Fsp3) is 0.333. The first kappa shape index (κ1) is 20.5. The Bertz CT molecular complexity index is 476. The zero-order valence-electron chi connectivity index (χ0n) is 13.0. The van der Waals surface area contributed by atoms with Crippen LogP contribution in [0.15, 0.2) is 60.7 Å². The van der Waals surface area contributed by atoms with Gasteiger partial charge in [0.05, 0.1) is 0 Å². The van der Waals surface area contributed by atoms with Crippen molar-refractivity contribution in [1.82, 2.24) is 8.84 Å². The van der Waals surface area contributed by atoms with Crippen molar-refractivity contribution in [3.63, 3.8) is 0 Å². The number of hydrogen-bond acceptors (Lipinski definition) is 2. The smallest absolute Gasteiger partial charge is 0.0280 e. The summed E-state index contributed by atoms with van der Waals surface area (Å²) in [6.07, 6.45) is 1.91. The standard InChI is InChI=1S/C18H22Cl2N2.Cu/c19-21(13-11-17-7-3-1-4-8-17)15-16-22(20)14-12-18-9-5-2-6-10-18;/h1-10H,11-16H2;. The second kappa shape index (κ2) is 11.9. The van der Waals surface area contributed by atoms with Crippen LogP contribution in [0, 0.1) is 0 Å². The van der Waals surface area contributed by atoms with Crippen molar-refractivity contribution >= 4 is 23.6 Å². The maximum Gasteiger partial charge on any atom is 0.0280 e. The van der Waals surface area contributed by atoms with Crippen LogP contribution in [0.4, 0.5) is 0 Å². The van der Waals surface area contributed by atoms with Crippen molar-refractivity contribution in [3.8, 4) is 0 Å². The van der Waals surface area contributed by atoms with Gasteiger partial charge >= 0.3 is 0 Å². The molecule has 0 unspecified atom stereocenters. The van der Waals surface area contributed by atoms with Crippen LogP contribution in [0.25, 0.3) is 0 Å². The Kier molecular flexibility index (Phi) is 10.6. The maximum atomic E-state index is 6.24. The van der Waals surface area contributed by atoms with Crippen molar-refractivity contribution in [2.45, 2.75) is 12.8 Å². The summed E-state index contributed by atoms with van der Waals surface area (Å²) in [5.41, 5.74) is 2.61. The molecule has 2 aromatic carbocycles. The summed E-state index contributed by atoms with van der Waals surface area (Å²) in [7, 11) is 0. The number of halogens is 2. The molecule has 0 aliphatic rings. The zero-order valence-corrected chi connectivity index (χ0v) is 15.4. The van der Waals surface area contributed by atoms with Gasteiger partial charge in [0.25, 0.3) is 0 Å². The minimum atomic E-state index is 0. The Labute approximate surface area is 160 Å². The molecule has 2 nitrogen and oxygen atoms in total. The van der Waals surface area contributed by atoms with Gasteiger partial charge in [0, 0.05) is 43.2 Å². The molecule has 0 atom stereocenters. The normalized spacial score (nSPS) is 10.8. The van der Waals surface area contributed by atoms with Crippen molar-refractivity contribution in [1.29, 1.82) is 0 Å². The number of rotatable bonds is 9. The molecule has 0 heterocycles. The quantitative estimate of drug-likeness (QED) is 0.455. The van der Waals surface area contributed by atoms with Crippen LogP contribution in [0.3, 0.4) is 0 Å². The molecule has 129 valence electrons. The van der Waals surface area contributed by atoms with Crippen LogP contribution in [0.5, 0.6) is 0 Å². The van der Waals surface area contributed by atoms with Gasteiger partial charge in [-0.25, -0.2) is 8.84 Å². The Morgan fingerprint density at radius 1 is 0.565 bits per heavy atom. The van der Waals surface area contributed by atoms with E-state index in [1.165, 1.54) is 11.1 Å². The van der Waals surface area contributed by atoms with E-state index in [0.29, 0.717) is 0 Å². The second-order valence-corrected chi connectivity index (χ2v) is 6.25. The summed E-state index contributed by atoms with van der Waals surface area (Å²) < 4.78 is 3.62. The van der Waals surface area contributed by atoms with Crippen LogP contribution >= 0.6 is 23.6 Å². The minimum Gasteiger partial charge on any atom is -0.219 e. The molecule has 0 bridgehead atoms. The Morgan fingerprint density at radius 3 is 1.26 bits per heavy atom. The molecule has 0 amide bonds. The van der Waals surface area contributed by atoms with E-state index in [1.807, 2.05) is 21.0 Å². The fourth-order valence-electron chi connectivity index (χ4n) is 2.23. The van der Waals surface area contributed by atoms with Crippen LogP contribution in [-0.4, -0.2) is 35.0 Å². The third-order valence-corrected chi connectivity index (χ3v) is 4.23. The van der Waals surface area contributed by atoms with E-state index >= 15 is 0 Å². The third-order valence-electron chi connectivity index (χ3n) is 3.56. The van der Waals surface area contributed by atoms with Gasteiger partial charge in [0.1, 0.15) is 0 Å². The first-order valence-corrected chi connectivity index (χ1v) is 8.31. The summed E-state index contributed by atoms with van der Waals surface area (Å²) >= 11 is 12.5. The molecule has 2 aromatic rings. The Hall–Kier alpha value is -0.541. The Balaban J connectivity index is 0.00000264. The molecule has 0 aliphatic heterocycles. The maximum absolute atomic E-state index is 6.24. The van der Waals surface area contributed by atoms with Crippen LogP contribution in [0.1, 0.15) is 11.1 Å². The molecule has 0 saturated heterocycles. The molecule has 23 heavy (non-hydrogen) atoms. The predicted molar refractivity (Wildman–Crippen MR) is 95.1 cm³/mol. The summed E-state index contributed by atoms with van der Waals surface area (Å²) in [5, 5.41) is 0. The van der Waals surface area contributed by atoms with E-state index in [1.54, 1.807) is 0 Å². The molecular formula is C18H22Cl2CuN2. The Morgan fingerprint density at radius 2 is 0.913 bits per heavy atom. The average Bonchev–Trinajstić information content (AvgIpc) is 2.58. The van der Waals surface area contributed by atoms with Gasteiger partial charge in [0.15, 0.2) is 0 Å². The summed E-state index contributed by atoms with van der Waals surface area (Å²) in [6, 6.07) is 20.8. The van der Waals surface area contributed by atoms with Crippen LogP contribution in [-0.2, 0) is 29.9 Å². The van der Waals surface area contributed by atoms with Crippen LogP contribution in [0.2, 0.25) is 0 Å². The molecule has 2 rings (SSSR count). The molecule has 0 fully saturated rings. The molecular weight excluding hydrogens is 379 g/mol. The minimum absolute atomic E-state index is 0. The van der Waals surface area contributed by atoms with E-state index < -0.39 is 0 Å². The first-order valence-electron chi connectivity index (χ1n) is 7.63. The number of hydrogen-bond donors (Lipinski definition) is 0. The summed E-state index contributed by atoms with van der Waals surface area (Å²) in [4.78, 5) is 0. The van der Waals surface area contributed by atoms with Gasteiger partial charge in [-0.15, -0.1) is 0 Å². The van der Waals surface area contributed by atoms with Gasteiger partial charge in [-0.1, -0.05) is 60.7 Å². The van der Waals surface area contributed by atoms with Gasteiger partial charge in [-0.3, -0.25) is 0 Å². The zero-order chi connectivity index (χ0) is 15.6. The molecule has 5 heteroatoms. The van der Waals surface area contributed by atoms with E-state index in [9.17, 15) is 0 Å². The third kappa shape index (κ3) is 8.76. The van der Waals surface area contributed by atoms with Crippen molar-refractivity contribution in [2.24, 2.45) is 0 Å². The van der Waals surface area contributed by atoms with Crippen molar-refractivity contribution < 1.29 is 17.1 Å². The predicted octanol–water partition coefficient (Wildman–Crippen LogP) is 4.38. The first-order chi connectivity index (χ1) is 10.7. The molecule has 0 N–H and O–H groups in total. The topological polar surface area (TPSA) is 6.48 Å². The summed E-state index contributed by atoms with van der Waals surface area (Å²) in [6.45, 7) is 3.17. The SMILES string of the molecule is ClN(CCc1ccccc1)CCN(Cl)CCc1ccccc1.[Cu]. The largest absolute Gasteiger partial charge is 0.219 e. The van der Waals surface area contributed by atoms with E-state index in [4.69, 9.17) is 23.6 Å². The van der Waals surface area contributed by atoms with E-state index in [-0.39, 0.29) is 17.1 Å². The second-order valence-electron chi connectivity index (χ2n) is 5.29. The van der Waals surface area contributed by atoms with Gasteiger partial charge < -0.3 is 0 Å². The molecule has 0 saturated carbocycles. The van der Waals surface area contributed by atoms with Crippen LogP contribution < -0.4 is 0 Å². The van der Waals surface area contributed by atoms with Gasteiger partial charge in [-0.2, -0.15) is 0 Å². The van der Waals surface area contributed by atoms with Gasteiger partial charge in [-0.05, 0) is 47.5 Å². The monoisotopic (exact) mass is 399 g/mol. The van der Waals surface area contributed by atoms with E-state index in [2.05, 4.69) is 48.5 Å². The average molecular weight is 401 g/mol. The number of nitrogens with zero attached hydrogens (tertiary/aromatic N) is 2. The molecule has 0 aliphatic carbocycles. The molecule has 0 aromatic heterocycles. The fourth-order valence-corrected chi connectivity index (χ4v) is 2.55. The van der Waals surface area contributed by atoms with Gasteiger partial charge in [0.2, 0.25) is 0 Å². The van der Waals surface area contributed by atoms with Crippen molar-refractivity contribution in [3.05, 3.63) is 71.8 Å². The van der Waals surface area contributed by atoms with Crippen molar-refractivity contribution in [2.75, 3.05) is 26.2 Å².